The molecule has 0 radical (unpaired) electrons. The largest absolute Gasteiger partial charge is 0.505 e. The number of fused-ring (bicyclic) bond motifs is 2. The molecule has 0 unspecified atom stereocenters. The first-order chi connectivity index (χ1) is 23.0. The Labute approximate surface area is 272 Å². The number of alkyl halides is 3. The number of pyridine rings is 2. The molecular weight excluding hydrogens is 637 g/mol. The van der Waals surface area contributed by atoms with Crippen molar-refractivity contribution < 1.29 is 41.8 Å². The number of amides is 2. The van der Waals surface area contributed by atoms with Crippen LogP contribution in [0.2, 0.25) is 0 Å². The van der Waals surface area contributed by atoms with Gasteiger partial charge in [0, 0.05) is 68.0 Å². The summed E-state index contributed by atoms with van der Waals surface area (Å²) in [5, 5.41) is 13.2. The number of oxazole rings is 1. The third kappa shape index (κ3) is 6.35. The number of rotatable bonds is 9. The van der Waals surface area contributed by atoms with Gasteiger partial charge in [0.1, 0.15) is 18.0 Å². The molecule has 2 amide bonds. The summed E-state index contributed by atoms with van der Waals surface area (Å²) in [4.78, 5) is 52.6. The maximum atomic E-state index is 14.1. The van der Waals surface area contributed by atoms with Gasteiger partial charge in [0.2, 0.25) is 22.9 Å². The van der Waals surface area contributed by atoms with E-state index in [4.69, 9.17) is 13.9 Å². The van der Waals surface area contributed by atoms with Gasteiger partial charge in [0.05, 0.1) is 26.0 Å². The molecule has 13 nitrogen and oxygen atoms in total. The van der Waals surface area contributed by atoms with Crippen molar-refractivity contribution in [1.82, 2.24) is 24.8 Å². The topological polar surface area (TPSA) is 152 Å². The Morgan fingerprint density at radius 1 is 1.15 bits per heavy atom. The van der Waals surface area contributed by atoms with Gasteiger partial charge in [0.15, 0.2) is 17.0 Å². The fourth-order valence-corrected chi connectivity index (χ4v) is 6.13. The maximum Gasteiger partial charge on any atom is 0.412 e. The molecule has 6 heterocycles. The first-order valence-corrected chi connectivity index (χ1v) is 15.7. The average Bonchev–Trinajstić information content (AvgIpc) is 3.75. The van der Waals surface area contributed by atoms with Crippen molar-refractivity contribution in [3.63, 3.8) is 0 Å². The summed E-state index contributed by atoms with van der Waals surface area (Å²) in [7, 11) is 0. The number of piperazine rings is 1. The summed E-state index contributed by atoms with van der Waals surface area (Å²) in [6, 6.07) is 0. The first-order valence-electron chi connectivity index (χ1n) is 15.7. The molecule has 3 aromatic heterocycles. The first kappa shape index (κ1) is 33.1. The van der Waals surface area contributed by atoms with E-state index < -0.39 is 35.4 Å². The number of carbonyl (C=O) groups is 2. The lowest BCUT2D eigenvalue weighted by Gasteiger charge is -2.36. The van der Waals surface area contributed by atoms with Gasteiger partial charge in [-0.1, -0.05) is 19.6 Å². The molecule has 0 bridgehead atoms. The zero-order valence-electron chi connectivity index (χ0n) is 26.3. The lowest BCUT2D eigenvalue weighted by Crippen LogP contribution is -2.50. The van der Waals surface area contributed by atoms with Crippen LogP contribution >= 0.6 is 0 Å². The number of nitrogens with zero attached hydrogens (tertiary/aromatic N) is 5. The van der Waals surface area contributed by atoms with Crippen molar-refractivity contribution in [3.05, 3.63) is 57.5 Å². The standard InChI is InChI=1S/C32H35F3N6O7/c1-3-21-26(39-9-11-40(12-10-39)30(45)24-27(43)20-7-15-47-22(20)16-37-24)28(44)25-31(48-29(38-25)19-5-13-46-14-6-19)41(21)17-23(42)36-8-4-18(2)32(33,34)35/h5,16,43H,2-4,6-15,17H2,1H3,(H,36,42). The Morgan fingerprint density at radius 2 is 1.92 bits per heavy atom. The number of carbonyl (C=O) groups excluding carboxylic acids is 2. The molecule has 256 valence electrons. The number of anilines is 1. The number of hydrogen-bond acceptors (Lipinski definition) is 10. The van der Waals surface area contributed by atoms with Gasteiger partial charge in [-0.2, -0.15) is 13.2 Å². The zero-order valence-corrected chi connectivity index (χ0v) is 26.3. The van der Waals surface area contributed by atoms with Gasteiger partial charge in [-0.3, -0.25) is 14.4 Å². The molecule has 16 heteroatoms. The Kier molecular flexibility index (Phi) is 9.18. The van der Waals surface area contributed by atoms with E-state index >= 15 is 0 Å². The minimum atomic E-state index is -4.56. The Balaban J connectivity index is 1.29. The summed E-state index contributed by atoms with van der Waals surface area (Å²) in [5.41, 5.74) is 0.739. The van der Waals surface area contributed by atoms with Crippen LogP contribution in [-0.4, -0.2) is 95.1 Å². The summed E-state index contributed by atoms with van der Waals surface area (Å²) in [6.45, 7) is 6.39. The third-order valence-corrected chi connectivity index (χ3v) is 8.72. The Bertz CT molecular complexity index is 1860. The second-order valence-corrected chi connectivity index (χ2v) is 11.7. The van der Waals surface area contributed by atoms with E-state index in [0.29, 0.717) is 61.8 Å². The summed E-state index contributed by atoms with van der Waals surface area (Å²) in [5.74, 6) is -0.538. The molecular formula is C32H35F3N6O7. The SMILES string of the molecule is C=C(CCNC(=O)Cn1c(CC)c(N2CCN(C(=O)c3ncc4c(c3O)CCO4)CC2)c(=O)c2nc(C3=CCOCC3)oc21)C(F)(F)F. The maximum absolute atomic E-state index is 14.1. The van der Waals surface area contributed by atoms with Gasteiger partial charge in [-0.05, 0) is 12.8 Å². The molecule has 3 aliphatic rings. The molecule has 1 fully saturated rings. The molecule has 3 aromatic rings. The average molecular weight is 673 g/mol. The second-order valence-electron chi connectivity index (χ2n) is 11.7. The summed E-state index contributed by atoms with van der Waals surface area (Å²) < 4.78 is 57.2. The van der Waals surface area contributed by atoms with E-state index in [1.54, 1.807) is 9.47 Å². The Hall–Kier alpha value is -4.86. The number of ether oxygens (including phenoxy) is 2. The van der Waals surface area contributed by atoms with Crippen molar-refractivity contribution in [1.29, 1.82) is 0 Å². The third-order valence-electron chi connectivity index (χ3n) is 8.72. The lowest BCUT2D eigenvalue weighted by atomic mass is 10.1. The normalized spacial score (nSPS) is 16.5. The highest BCUT2D eigenvalue weighted by atomic mass is 19.4. The van der Waals surface area contributed by atoms with Gasteiger partial charge >= 0.3 is 6.18 Å². The van der Waals surface area contributed by atoms with Gasteiger partial charge in [-0.25, -0.2) is 9.97 Å². The van der Waals surface area contributed by atoms with Crippen LogP contribution in [-0.2, 0) is 28.9 Å². The number of aromatic nitrogens is 3. The molecule has 48 heavy (non-hydrogen) atoms. The van der Waals surface area contributed by atoms with Crippen molar-refractivity contribution >= 4 is 34.3 Å². The molecule has 2 N–H and O–H groups in total. The molecule has 1 saturated heterocycles. The van der Waals surface area contributed by atoms with Crippen LogP contribution in [0.4, 0.5) is 18.9 Å². The monoisotopic (exact) mass is 672 g/mol. The van der Waals surface area contributed by atoms with E-state index in [1.165, 1.54) is 6.20 Å². The number of aromatic hydroxyl groups is 1. The number of hydrogen-bond donors (Lipinski definition) is 2. The van der Waals surface area contributed by atoms with Crippen LogP contribution in [0.1, 0.15) is 47.4 Å². The Morgan fingerprint density at radius 3 is 2.60 bits per heavy atom. The van der Waals surface area contributed by atoms with Crippen molar-refractivity contribution in [2.75, 3.05) is 57.4 Å². The van der Waals surface area contributed by atoms with Crippen molar-refractivity contribution in [3.8, 4) is 11.5 Å². The van der Waals surface area contributed by atoms with Crippen LogP contribution in [0.3, 0.4) is 0 Å². The van der Waals surface area contributed by atoms with Gasteiger partial charge in [-0.15, -0.1) is 0 Å². The van der Waals surface area contributed by atoms with Crippen LogP contribution < -0.4 is 20.4 Å². The molecule has 3 aliphatic heterocycles. The molecule has 0 saturated carbocycles. The fraction of sp³-hybridized carbons (Fsp3) is 0.469. The molecule has 0 aromatic carbocycles. The number of nitrogens with one attached hydrogen (secondary N) is 1. The number of halogens is 3. The predicted octanol–water partition coefficient (Wildman–Crippen LogP) is 2.98. The molecule has 0 spiro atoms. The van der Waals surface area contributed by atoms with Crippen LogP contribution in [0.25, 0.3) is 16.8 Å². The minimum Gasteiger partial charge on any atom is -0.505 e. The van der Waals surface area contributed by atoms with Crippen LogP contribution in [0.5, 0.6) is 11.5 Å². The van der Waals surface area contributed by atoms with Crippen molar-refractivity contribution in [2.45, 2.75) is 45.3 Å². The van der Waals surface area contributed by atoms with Crippen molar-refractivity contribution in [2.24, 2.45) is 0 Å². The zero-order chi connectivity index (χ0) is 34.2. The van der Waals surface area contributed by atoms with E-state index in [9.17, 15) is 32.7 Å². The van der Waals surface area contributed by atoms with E-state index in [0.717, 1.165) is 5.57 Å². The smallest absolute Gasteiger partial charge is 0.412 e. The highest BCUT2D eigenvalue weighted by Gasteiger charge is 2.33. The molecule has 0 aliphatic carbocycles. The van der Waals surface area contributed by atoms with Crippen LogP contribution in [0.15, 0.2) is 33.6 Å². The van der Waals surface area contributed by atoms with Gasteiger partial charge in [0.25, 0.3) is 5.91 Å². The fourth-order valence-electron chi connectivity index (χ4n) is 6.13. The predicted molar refractivity (Wildman–Crippen MR) is 167 cm³/mol. The van der Waals surface area contributed by atoms with E-state index in [2.05, 4.69) is 21.9 Å². The van der Waals surface area contributed by atoms with E-state index in [1.807, 2.05) is 17.9 Å². The second kappa shape index (κ2) is 13.3. The molecule has 6 rings (SSSR count). The van der Waals surface area contributed by atoms with Gasteiger partial charge < -0.3 is 38.7 Å². The summed E-state index contributed by atoms with van der Waals surface area (Å²) in [6.07, 6.45) is -0.504. The van der Waals surface area contributed by atoms with E-state index in [-0.39, 0.29) is 67.8 Å². The highest BCUT2D eigenvalue weighted by Crippen LogP contribution is 2.35. The minimum absolute atomic E-state index is 0.0100. The summed E-state index contributed by atoms with van der Waals surface area (Å²) >= 11 is 0. The highest BCUT2D eigenvalue weighted by molar-refractivity contribution is 5.95. The molecule has 0 atom stereocenters. The van der Waals surface area contributed by atoms with Crippen LogP contribution in [0, 0.1) is 0 Å². The quantitative estimate of drug-likeness (QED) is 0.325. The lowest BCUT2D eigenvalue weighted by molar-refractivity contribution is -0.122.